The molecule has 0 saturated heterocycles. The monoisotopic (exact) mass is 131 g/mol. The van der Waals surface area contributed by atoms with E-state index in [0.717, 1.165) is 5.02 Å². The van der Waals surface area contributed by atoms with Crippen molar-refractivity contribution in [2.75, 3.05) is 0 Å². The Bertz CT molecular complexity index is 173. The molecule has 0 aliphatic carbocycles. The van der Waals surface area contributed by atoms with Gasteiger partial charge in [-0.3, -0.25) is 0 Å². The van der Waals surface area contributed by atoms with Crippen LogP contribution in [0.15, 0.2) is 12.4 Å². The van der Waals surface area contributed by atoms with Crippen molar-refractivity contribution in [2.45, 2.75) is 0 Å². The molecule has 3 heteroatoms. The molecule has 44 valence electrons. The molecule has 0 unspecified atom stereocenters. The molecule has 0 aromatic carbocycles. The molecule has 2 nitrogen and oxygen atoms in total. The lowest BCUT2D eigenvalue weighted by Gasteiger charge is -1.82. The van der Waals surface area contributed by atoms with Crippen LogP contribution in [0.1, 0.15) is 0 Å². The fraction of sp³-hybridized carbons (Fsp3) is 0.400. The van der Waals surface area contributed by atoms with Crippen LogP contribution < -0.4 is 4.68 Å². The molecule has 0 N–H and O–H groups in total. The van der Waals surface area contributed by atoms with Gasteiger partial charge in [0.25, 0.3) is 0 Å². The zero-order valence-electron chi connectivity index (χ0n) is 4.93. The molecule has 0 saturated carbocycles. The molecule has 8 heavy (non-hydrogen) atoms. The maximum atomic E-state index is 5.62. The molecule has 0 bridgehead atoms. The van der Waals surface area contributed by atoms with E-state index >= 15 is 0 Å². The van der Waals surface area contributed by atoms with Crippen LogP contribution in [0.5, 0.6) is 0 Å². The van der Waals surface area contributed by atoms with E-state index in [0.29, 0.717) is 0 Å². The van der Waals surface area contributed by atoms with E-state index in [2.05, 4.69) is 0 Å². The minimum atomic E-state index is 0.773. The number of hydrogen-bond acceptors (Lipinski definition) is 0. The molecule has 0 aliphatic rings. The number of nitrogens with zero attached hydrogens (tertiary/aromatic N) is 2. The summed E-state index contributed by atoms with van der Waals surface area (Å²) in [5.74, 6) is 0. The Morgan fingerprint density at radius 2 is 2.38 bits per heavy atom. The van der Waals surface area contributed by atoms with Crippen LogP contribution in [-0.2, 0) is 14.1 Å². The highest BCUT2D eigenvalue weighted by Gasteiger charge is 1.99. The Kier molecular flexibility index (Phi) is 1.26. The van der Waals surface area contributed by atoms with E-state index in [9.17, 15) is 0 Å². The van der Waals surface area contributed by atoms with Gasteiger partial charge in [-0.05, 0) is 0 Å². The standard InChI is InChI=1S/C5H8ClN2/c1-7-3-5(6)4-8(7)2/h3-4H,1-2H3/q+1. The van der Waals surface area contributed by atoms with E-state index in [1.165, 1.54) is 0 Å². The molecule has 1 aromatic rings. The second-order valence-electron chi connectivity index (χ2n) is 1.79. The van der Waals surface area contributed by atoms with E-state index in [1.807, 2.05) is 35.9 Å². The topological polar surface area (TPSA) is 8.81 Å². The van der Waals surface area contributed by atoms with Crippen molar-refractivity contribution >= 4 is 11.6 Å². The fourth-order valence-electron chi connectivity index (χ4n) is 0.572. The molecule has 0 spiro atoms. The summed E-state index contributed by atoms with van der Waals surface area (Å²) in [6.45, 7) is 0. The van der Waals surface area contributed by atoms with Gasteiger partial charge >= 0.3 is 0 Å². The summed E-state index contributed by atoms with van der Waals surface area (Å²) in [5.41, 5.74) is 0. The van der Waals surface area contributed by atoms with Crippen molar-refractivity contribution in [3.05, 3.63) is 17.4 Å². The van der Waals surface area contributed by atoms with Gasteiger partial charge < -0.3 is 0 Å². The number of rotatable bonds is 0. The average Bonchev–Trinajstić information content (AvgIpc) is 1.85. The van der Waals surface area contributed by atoms with Gasteiger partial charge in [0.2, 0.25) is 6.20 Å². The van der Waals surface area contributed by atoms with Gasteiger partial charge in [0.1, 0.15) is 5.02 Å². The Morgan fingerprint density at radius 3 is 2.50 bits per heavy atom. The van der Waals surface area contributed by atoms with Crippen LogP contribution in [0, 0.1) is 0 Å². The number of halogens is 1. The lowest BCUT2D eigenvalue weighted by atomic mass is 10.7. The minimum Gasteiger partial charge on any atom is -0.163 e. The second kappa shape index (κ2) is 1.78. The average molecular weight is 132 g/mol. The summed E-state index contributed by atoms with van der Waals surface area (Å²) in [5, 5.41) is 0.773. The third kappa shape index (κ3) is 0.842. The first kappa shape index (κ1) is 5.63. The molecule has 0 aliphatic heterocycles. The largest absolute Gasteiger partial charge is 0.213 e. The summed E-state index contributed by atoms with van der Waals surface area (Å²) < 4.78 is 3.81. The fourth-order valence-corrected chi connectivity index (χ4v) is 0.855. The second-order valence-corrected chi connectivity index (χ2v) is 2.23. The Labute approximate surface area is 53.3 Å². The van der Waals surface area contributed by atoms with Gasteiger partial charge in [-0.2, -0.15) is 4.68 Å². The molecule has 1 rings (SSSR count). The molecule has 0 radical (unpaired) electrons. The Hall–Kier alpha value is -0.500. The third-order valence-corrected chi connectivity index (χ3v) is 1.31. The summed E-state index contributed by atoms with van der Waals surface area (Å²) in [6.07, 6.45) is 3.70. The van der Waals surface area contributed by atoms with Crippen LogP contribution in [0.4, 0.5) is 0 Å². The molecule has 1 aromatic heterocycles. The van der Waals surface area contributed by atoms with Crippen molar-refractivity contribution in [1.82, 2.24) is 4.68 Å². The summed E-state index contributed by atoms with van der Waals surface area (Å²) in [6, 6.07) is 0. The van der Waals surface area contributed by atoms with E-state index in [4.69, 9.17) is 11.6 Å². The first-order chi connectivity index (χ1) is 3.70. The van der Waals surface area contributed by atoms with Crippen LogP contribution in [0.3, 0.4) is 0 Å². The molecular formula is C5H8ClN2+. The van der Waals surface area contributed by atoms with Crippen LogP contribution in [0.2, 0.25) is 5.02 Å². The van der Waals surface area contributed by atoms with Gasteiger partial charge in [-0.25, -0.2) is 0 Å². The summed E-state index contributed by atoms with van der Waals surface area (Å²) >= 11 is 5.62. The highest BCUT2D eigenvalue weighted by molar-refractivity contribution is 6.30. The minimum absolute atomic E-state index is 0.773. The summed E-state index contributed by atoms with van der Waals surface area (Å²) in [7, 11) is 3.87. The highest BCUT2D eigenvalue weighted by atomic mass is 35.5. The first-order valence-corrected chi connectivity index (χ1v) is 2.76. The van der Waals surface area contributed by atoms with Gasteiger partial charge in [0.15, 0.2) is 7.05 Å². The van der Waals surface area contributed by atoms with Gasteiger partial charge in [0, 0.05) is 0 Å². The van der Waals surface area contributed by atoms with E-state index < -0.39 is 0 Å². The van der Waals surface area contributed by atoms with Crippen molar-refractivity contribution in [2.24, 2.45) is 14.1 Å². The lowest BCUT2D eigenvalue weighted by molar-refractivity contribution is -0.751. The van der Waals surface area contributed by atoms with Crippen LogP contribution in [-0.4, -0.2) is 4.68 Å². The van der Waals surface area contributed by atoms with Crippen LogP contribution >= 0.6 is 11.6 Å². The normalized spacial score (nSPS) is 9.88. The number of hydrogen-bond donors (Lipinski definition) is 0. The molecule has 0 fully saturated rings. The van der Waals surface area contributed by atoms with E-state index in [1.54, 1.807) is 0 Å². The third-order valence-electron chi connectivity index (χ3n) is 1.12. The highest BCUT2D eigenvalue weighted by Crippen LogP contribution is 2.00. The summed E-state index contributed by atoms with van der Waals surface area (Å²) in [4.78, 5) is 0. The molecule has 0 atom stereocenters. The SMILES string of the molecule is Cn1cc(Cl)c[n+]1C. The maximum absolute atomic E-state index is 5.62. The molecule has 0 amide bonds. The predicted octanol–water partition coefficient (Wildman–Crippen LogP) is 0.503. The van der Waals surface area contributed by atoms with Gasteiger partial charge in [-0.15, -0.1) is 4.68 Å². The number of aromatic nitrogens is 2. The van der Waals surface area contributed by atoms with Crippen LogP contribution in [0.25, 0.3) is 0 Å². The van der Waals surface area contributed by atoms with E-state index in [-0.39, 0.29) is 0 Å². The molecular weight excluding hydrogens is 124 g/mol. The maximum Gasteiger partial charge on any atom is 0.213 e. The Balaban J connectivity index is 3.14. The van der Waals surface area contributed by atoms with Gasteiger partial charge in [0.05, 0.1) is 13.2 Å². The molecule has 1 heterocycles. The van der Waals surface area contributed by atoms with Crippen molar-refractivity contribution in [3.63, 3.8) is 0 Å². The van der Waals surface area contributed by atoms with Crippen molar-refractivity contribution in [3.8, 4) is 0 Å². The quantitative estimate of drug-likeness (QED) is 0.454. The van der Waals surface area contributed by atoms with Crippen molar-refractivity contribution < 1.29 is 4.68 Å². The lowest BCUT2D eigenvalue weighted by Crippen LogP contribution is -2.35. The van der Waals surface area contributed by atoms with Crippen molar-refractivity contribution in [1.29, 1.82) is 0 Å². The predicted molar refractivity (Wildman–Crippen MR) is 31.6 cm³/mol. The Morgan fingerprint density at radius 1 is 1.75 bits per heavy atom. The zero-order chi connectivity index (χ0) is 6.15. The zero-order valence-corrected chi connectivity index (χ0v) is 5.68. The van der Waals surface area contributed by atoms with Gasteiger partial charge in [-0.1, -0.05) is 11.6 Å². The smallest absolute Gasteiger partial charge is 0.163 e. The number of aryl methyl sites for hydroxylation is 2. The first-order valence-electron chi connectivity index (χ1n) is 2.38.